The average Bonchev–Trinajstić information content (AvgIpc) is 2.73. The minimum absolute atomic E-state index is 0.0856. The Balaban J connectivity index is 1.68. The van der Waals surface area contributed by atoms with Crippen molar-refractivity contribution in [2.45, 2.75) is 19.1 Å². The number of hydrogen-bond donors (Lipinski definition) is 2. The van der Waals surface area contributed by atoms with Gasteiger partial charge < -0.3 is 24.6 Å². The Bertz CT molecular complexity index is 844. The molecule has 0 aliphatic carbocycles. The maximum atomic E-state index is 12.9. The van der Waals surface area contributed by atoms with Crippen LogP contribution in [0.5, 0.6) is 11.5 Å². The van der Waals surface area contributed by atoms with E-state index in [1.807, 2.05) is 0 Å². The predicted octanol–water partition coefficient (Wildman–Crippen LogP) is 0.797. The second-order valence-corrected chi connectivity index (χ2v) is 6.18. The van der Waals surface area contributed by atoms with Crippen LogP contribution in [0.4, 0.5) is 0 Å². The number of nitrogens with zero attached hydrogens (tertiary/aromatic N) is 3. The number of aromatic nitrogens is 2. The van der Waals surface area contributed by atoms with Crippen molar-refractivity contribution in [2.75, 3.05) is 26.4 Å². The topological polar surface area (TPSA) is 122 Å². The largest absolute Gasteiger partial charge is 0.507 e. The van der Waals surface area contributed by atoms with Gasteiger partial charge in [-0.1, -0.05) is 6.07 Å². The number of rotatable bonds is 7. The Morgan fingerprint density at radius 3 is 2.96 bits per heavy atom. The van der Waals surface area contributed by atoms with E-state index in [9.17, 15) is 19.8 Å². The fraction of sp³-hybridized carbons (Fsp3) is 0.368. The molecular formula is C19H21N3O6. The first kappa shape index (κ1) is 19.7. The summed E-state index contributed by atoms with van der Waals surface area (Å²) in [6.45, 7) is 0.967. The number of morpholine rings is 1. The molecule has 0 spiro atoms. The third-order valence-corrected chi connectivity index (χ3v) is 4.48. The molecule has 2 heterocycles. The number of ether oxygens (including phenoxy) is 2. The molecule has 9 heteroatoms. The molecule has 1 amide bonds. The highest BCUT2D eigenvalue weighted by Crippen LogP contribution is 2.26. The first-order valence-electron chi connectivity index (χ1n) is 8.85. The zero-order valence-electron chi connectivity index (χ0n) is 15.2. The molecule has 1 saturated heterocycles. The third-order valence-electron chi connectivity index (χ3n) is 4.48. The quantitative estimate of drug-likeness (QED) is 0.669. The van der Waals surface area contributed by atoms with Gasteiger partial charge in [0.2, 0.25) is 0 Å². The standard InChI is InChI=1S/C19H21N3O6/c23-10-14-16(25)2-1-3-17(14)28-8-4-13-12-27-9-7-22(13)19(26)18-15(11-24)20-5-6-21-18/h1-3,5-6,10,13,24-25H,4,7-9,11-12H2/t13-/m1/s1. The Labute approximate surface area is 161 Å². The Morgan fingerprint density at radius 1 is 1.36 bits per heavy atom. The highest BCUT2D eigenvalue weighted by molar-refractivity contribution is 5.93. The van der Waals surface area contributed by atoms with E-state index in [0.717, 1.165) is 0 Å². The molecule has 1 atom stereocenters. The Kier molecular flexibility index (Phi) is 6.51. The number of aldehydes is 1. The van der Waals surface area contributed by atoms with Crippen LogP contribution in [0.15, 0.2) is 30.6 Å². The average molecular weight is 387 g/mol. The van der Waals surface area contributed by atoms with Crippen molar-refractivity contribution in [1.82, 2.24) is 14.9 Å². The molecule has 0 radical (unpaired) electrons. The van der Waals surface area contributed by atoms with Crippen LogP contribution in [-0.4, -0.2) is 69.7 Å². The van der Waals surface area contributed by atoms with E-state index in [1.165, 1.54) is 18.5 Å². The van der Waals surface area contributed by atoms with Gasteiger partial charge in [0, 0.05) is 25.4 Å². The Hall–Kier alpha value is -3.04. The molecule has 9 nitrogen and oxygen atoms in total. The fourth-order valence-electron chi connectivity index (χ4n) is 3.04. The lowest BCUT2D eigenvalue weighted by molar-refractivity contribution is -0.00789. The number of phenols is 1. The molecule has 148 valence electrons. The van der Waals surface area contributed by atoms with Gasteiger partial charge >= 0.3 is 0 Å². The smallest absolute Gasteiger partial charge is 0.274 e. The number of hydrogen-bond acceptors (Lipinski definition) is 8. The van der Waals surface area contributed by atoms with Crippen molar-refractivity contribution in [2.24, 2.45) is 0 Å². The maximum Gasteiger partial charge on any atom is 0.274 e. The van der Waals surface area contributed by atoms with Crippen LogP contribution in [0, 0.1) is 0 Å². The number of aliphatic hydroxyl groups is 1. The van der Waals surface area contributed by atoms with E-state index >= 15 is 0 Å². The van der Waals surface area contributed by atoms with E-state index in [0.29, 0.717) is 32.5 Å². The van der Waals surface area contributed by atoms with Crippen LogP contribution in [0.3, 0.4) is 0 Å². The highest BCUT2D eigenvalue weighted by atomic mass is 16.5. The molecule has 1 fully saturated rings. The van der Waals surface area contributed by atoms with Crippen molar-refractivity contribution < 1.29 is 29.3 Å². The number of amides is 1. The van der Waals surface area contributed by atoms with Gasteiger partial charge in [-0.3, -0.25) is 14.6 Å². The molecule has 2 aromatic rings. The highest BCUT2D eigenvalue weighted by Gasteiger charge is 2.30. The van der Waals surface area contributed by atoms with E-state index < -0.39 is 0 Å². The van der Waals surface area contributed by atoms with Gasteiger partial charge in [-0.25, -0.2) is 4.98 Å². The summed E-state index contributed by atoms with van der Waals surface area (Å²) in [7, 11) is 0. The minimum Gasteiger partial charge on any atom is -0.507 e. The van der Waals surface area contributed by atoms with Gasteiger partial charge in [0.15, 0.2) is 12.0 Å². The number of benzene rings is 1. The molecule has 0 saturated carbocycles. The SMILES string of the molecule is O=Cc1c(O)cccc1OCC[C@@H]1COCCN1C(=O)c1nccnc1CO. The number of carbonyl (C=O) groups excluding carboxylic acids is 2. The van der Waals surface area contributed by atoms with Crippen LogP contribution in [-0.2, 0) is 11.3 Å². The molecule has 3 rings (SSSR count). The second kappa shape index (κ2) is 9.25. The zero-order chi connectivity index (χ0) is 19.9. The van der Waals surface area contributed by atoms with Gasteiger partial charge in [-0.05, 0) is 12.1 Å². The Morgan fingerprint density at radius 2 is 2.18 bits per heavy atom. The van der Waals surface area contributed by atoms with Crippen LogP contribution >= 0.6 is 0 Å². The summed E-state index contributed by atoms with van der Waals surface area (Å²) in [5.74, 6) is -0.193. The van der Waals surface area contributed by atoms with E-state index in [2.05, 4.69) is 9.97 Å². The third kappa shape index (κ3) is 4.26. The number of carbonyl (C=O) groups is 2. The molecule has 0 bridgehead atoms. The van der Waals surface area contributed by atoms with Gasteiger partial charge in [0.25, 0.3) is 5.91 Å². The number of phenolic OH excluding ortho intramolecular Hbond substituents is 1. The molecule has 1 aromatic heterocycles. The van der Waals surface area contributed by atoms with Crippen LogP contribution < -0.4 is 4.74 Å². The van der Waals surface area contributed by atoms with Crippen molar-refractivity contribution in [3.8, 4) is 11.5 Å². The summed E-state index contributed by atoms with van der Waals surface area (Å²) < 4.78 is 11.1. The normalized spacial score (nSPS) is 16.6. The molecular weight excluding hydrogens is 366 g/mol. The first-order valence-corrected chi connectivity index (χ1v) is 8.85. The molecule has 2 N–H and O–H groups in total. The summed E-state index contributed by atoms with van der Waals surface area (Å²) in [5, 5.41) is 19.1. The van der Waals surface area contributed by atoms with Gasteiger partial charge in [-0.2, -0.15) is 0 Å². The summed E-state index contributed by atoms with van der Waals surface area (Å²) >= 11 is 0. The molecule has 1 aromatic carbocycles. The summed E-state index contributed by atoms with van der Waals surface area (Å²) in [6, 6.07) is 4.33. The monoisotopic (exact) mass is 387 g/mol. The van der Waals surface area contributed by atoms with Gasteiger partial charge in [0.1, 0.15) is 11.5 Å². The first-order chi connectivity index (χ1) is 13.7. The van der Waals surface area contributed by atoms with E-state index in [-0.39, 0.29) is 53.6 Å². The zero-order valence-corrected chi connectivity index (χ0v) is 15.2. The van der Waals surface area contributed by atoms with Crippen LogP contribution in [0.25, 0.3) is 0 Å². The number of aliphatic hydroxyl groups excluding tert-OH is 1. The van der Waals surface area contributed by atoms with Crippen molar-refractivity contribution in [3.05, 3.63) is 47.5 Å². The minimum atomic E-state index is -0.376. The lowest BCUT2D eigenvalue weighted by Crippen LogP contribution is -2.49. The maximum absolute atomic E-state index is 12.9. The van der Waals surface area contributed by atoms with Crippen molar-refractivity contribution >= 4 is 12.2 Å². The van der Waals surface area contributed by atoms with Gasteiger partial charge in [-0.15, -0.1) is 0 Å². The molecule has 28 heavy (non-hydrogen) atoms. The van der Waals surface area contributed by atoms with Gasteiger partial charge in [0.05, 0.1) is 43.7 Å². The van der Waals surface area contributed by atoms with Crippen LogP contribution in [0.1, 0.15) is 33.0 Å². The van der Waals surface area contributed by atoms with E-state index in [1.54, 1.807) is 17.0 Å². The second-order valence-electron chi connectivity index (χ2n) is 6.18. The van der Waals surface area contributed by atoms with Crippen molar-refractivity contribution in [3.63, 3.8) is 0 Å². The fourth-order valence-corrected chi connectivity index (χ4v) is 3.04. The molecule has 1 aliphatic heterocycles. The lowest BCUT2D eigenvalue weighted by Gasteiger charge is -2.35. The van der Waals surface area contributed by atoms with E-state index in [4.69, 9.17) is 9.47 Å². The number of aromatic hydroxyl groups is 1. The predicted molar refractivity (Wildman–Crippen MR) is 97.2 cm³/mol. The van der Waals surface area contributed by atoms with Crippen LogP contribution in [0.2, 0.25) is 0 Å². The summed E-state index contributed by atoms with van der Waals surface area (Å²) in [4.78, 5) is 33.7. The summed E-state index contributed by atoms with van der Waals surface area (Å²) in [6.07, 6.45) is 3.82. The molecule has 0 unspecified atom stereocenters. The lowest BCUT2D eigenvalue weighted by atomic mass is 10.1. The molecule has 1 aliphatic rings. The van der Waals surface area contributed by atoms with Crippen molar-refractivity contribution in [1.29, 1.82) is 0 Å². The summed E-state index contributed by atoms with van der Waals surface area (Å²) in [5.41, 5.74) is 0.431.